The number of nitrogens with zero attached hydrogens (tertiary/aromatic N) is 2. The maximum atomic E-state index is 11.4. The van der Waals surface area contributed by atoms with E-state index in [9.17, 15) is 9.59 Å². The van der Waals surface area contributed by atoms with Crippen LogP contribution in [0.4, 0.5) is 0 Å². The van der Waals surface area contributed by atoms with E-state index >= 15 is 0 Å². The van der Waals surface area contributed by atoms with Crippen molar-refractivity contribution in [2.45, 2.75) is 13.0 Å². The molecule has 1 rings (SSSR count). The smallest absolute Gasteiger partial charge is 0.282 e. The van der Waals surface area contributed by atoms with E-state index in [1.165, 1.54) is 7.05 Å². The van der Waals surface area contributed by atoms with Gasteiger partial charge in [-0.3, -0.25) is 9.59 Å². The molecular formula is C7H9ClN4O2S. The molecule has 0 fully saturated rings. The largest absolute Gasteiger partial charge is 0.357 e. The zero-order valence-corrected chi connectivity index (χ0v) is 9.65. The quantitative estimate of drug-likeness (QED) is 0.792. The Morgan fingerprint density at radius 3 is 2.60 bits per heavy atom. The predicted octanol–water partition coefficient (Wildman–Crippen LogP) is 0.0558. The van der Waals surface area contributed by atoms with Crippen molar-refractivity contribution in [3.8, 4) is 0 Å². The number of rotatable bonds is 3. The lowest BCUT2D eigenvalue weighted by Crippen LogP contribution is -2.43. The van der Waals surface area contributed by atoms with Gasteiger partial charge in [0.1, 0.15) is 6.04 Å². The van der Waals surface area contributed by atoms with E-state index in [4.69, 9.17) is 11.6 Å². The van der Waals surface area contributed by atoms with Crippen molar-refractivity contribution in [2.75, 3.05) is 7.05 Å². The first-order valence-corrected chi connectivity index (χ1v) is 5.25. The Labute approximate surface area is 95.0 Å². The minimum atomic E-state index is -0.620. The molecule has 6 nitrogen and oxygen atoms in total. The molecule has 0 bridgehead atoms. The molecule has 15 heavy (non-hydrogen) atoms. The van der Waals surface area contributed by atoms with Gasteiger partial charge in [0.25, 0.3) is 5.91 Å². The Morgan fingerprint density at radius 2 is 2.13 bits per heavy atom. The molecule has 1 heterocycles. The number of carbonyl (C=O) groups excluding carboxylic acids is 2. The number of likely N-dealkylation sites (N-methyl/N-ethyl adjacent to an activating group) is 1. The lowest BCUT2D eigenvalue weighted by atomic mass is 10.3. The number of halogens is 1. The fraction of sp³-hybridized carbons (Fsp3) is 0.429. The highest BCUT2D eigenvalue weighted by molar-refractivity contribution is 7.17. The summed E-state index contributed by atoms with van der Waals surface area (Å²) in [5.41, 5.74) is 0. The topological polar surface area (TPSA) is 84.0 Å². The van der Waals surface area contributed by atoms with Crippen LogP contribution < -0.4 is 10.6 Å². The van der Waals surface area contributed by atoms with Crippen molar-refractivity contribution in [3.05, 3.63) is 9.47 Å². The lowest BCUT2D eigenvalue weighted by Gasteiger charge is -2.10. The summed E-state index contributed by atoms with van der Waals surface area (Å²) in [6.07, 6.45) is 0. The van der Waals surface area contributed by atoms with E-state index in [0.29, 0.717) is 0 Å². The van der Waals surface area contributed by atoms with Crippen molar-refractivity contribution in [1.29, 1.82) is 0 Å². The van der Waals surface area contributed by atoms with Crippen LogP contribution in [-0.4, -0.2) is 35.1 Å². The average Bonchev–Trinajstić information content (AvgIpc) is 2.63. The highest BCUT2D eigenvalue weighted by Crippen LogP contribution is 2.14. The Hall–Kier alpha value is -1.21. The van der Waals surface area contributed by atoms with Gasteiger partial charge in [0.2, 0.25) is 15.4 Å². The van der Waals surface area contributed by atoms with E-state index in [1.807, 2.05) is 0 Å². The first-order valence-electron chi connectivity index (χ1n) is 4.06. The minimum Gasteiger partial charge on any atom is -0.357 e. The first kappa shape index (κ1) is 11.9. The van der Waals surface area contributed by atoms with Gasteiger partial charge in [0.15, 0.2) is 0 Å². The van der Waals surface area contributed by atoms with Crippen LogP contribution in [0.3, 0.4) is 0 Å². The zero-order chi connectivity index (χ0) is 11.4. The number of carbonyl (C=O) groups is 2. The van der Waals surface area contributed by atoms with Crippen molar-refractivity contribution in [2.24, 2.45) is 0 Å². The molecule has 0 aliphatic carbocycles. The Bertz CT molecular complexity index is 381. The maximum Gasteiger partial charge on any atom is 0.282 e. The van der Waals surface area contributed by atoms with Gasteiger partial charge < -0.3 is 10.6 Å². The van der Waals surface area contributed by atoms with Gasteiger partial charge in [0, 0.05) is 7.05 Å². The van der Waals surface area contributed by atoms with E-state index < -0.39 is 11.9 Å². The molecule has 82 valence electrons. The molecule has 0 aliphatic rings. The lowest BCUT2D eigenvalue weighted by molar-refractivity contribution is -0.122. The van der Waals surface area contributed by atoms with E-state index in [2.05, 4.69) is 20.8 Å². The molecule has 0 spiro atoms. The predicted molar refractivity (Wildman–Crippen MR) is 55.9 cm³/mol. The molecule has 2 N–H and O–H groups in total. The molecule has 2 amide bonds. The van der Waals surface area contributed by atoms with Gasteiger partial charge in [-0.1, -0.05) is 11.3 Å². The number of nitrogens with one attached hydrogen (secondary N) is 2. The molecule has 0 aromatic carbocycles. The van der Waals surface area contributed by atoms with Crippen LogP contribution in [-0.2, 0) is 4.79 Å². The van der Waals surface area contributed by atoms with Crippen LogP contribution in [0.2, 0.25) is 4.47 Å². The summed E-state index contributed by atoms with van der Waals surface area (Å²) in [4.78, 5) is 22.5. The number of aromatic nitrogens is 2. The second-order valence-corrected chi connectivity index (χ2v) is 4.23. The van der Waals surface area contributed by atoms with Crippen LogP contribution in [0.25, 0.3) is 0 Å². The Balaban J connectivity index is 2.60. The summed E-state index contributed by atoms with van der Waals surface area (Å²) < 4.78 is 0.188. The van der Waals surface area contributed by atoms with Gasteiger partial charge in [-0.2, -0.15) is 0 Å². The fourth-order valence-corrected chi connectivity index (χ4v) is 1.57. The zero-order valence-electron chi connectivity index (χ0n) is 8.07. The molecule has 0 radical (unpaired) electrons. The van der Waals surface area contributed by atoms with Crippen LogP contribution in [0.5, 0.6) is 0 Å². The van der Waals surface area contributed by atoms with Gasteiger partial charge in [-0.05, 0) is 18.5 Å². The molecule has 1 aromatic heterocycles. The third-order valence-corrected chi connectivity index (χ3v) is 2.60. The second kappa shape index (κ2) is 5.04. The van der Waals surface area contributed by atoms with E-state index in [-0.39, 0.29) is 15.4 Å². The van der Waals surface area contributed by atoms with Crippen LogP contribution in [0.15, 0.2) is 0 Å². The molecule has 0 aliphatic heterocycles. The van der Waals surface area contributed by atoms with Crippen LogP contribution in [0.1, 0.15) is 16.7 Å². The Morgan fingerprint density at radius 1 is 1.47 bits per heavy atom. The Kier molecular flexibility index (Phi) is 3.98. The summed E-state index contributed by atoms with van der Waals surface area (Å²) in [5, 5.41) is 12.0. The van der Waals surface area contributed by atoms with E-state index in [1.54, 1.807) is 6.92 Å². The first-order chi connectivity index (χ1) is 7.04. The highest BCUT2D eigenvalue weighted by atomic mass is 35.5. The van der Waals surface area contributed by atoms with E-state index in [0.717, 1.165) is 11.3 Å². The molecule has 1 unspecified atom stereocenters. The summed E-state index contributed by atoms with van der Waals surface area (Å²) in [5.74, 6) is -0.741. The second-order valence-electron chi connectivity index (χ2n) is 2.67. The summed E-state index contributed by atoms with van der Waals surface area (Å²) in [6, 6.07) is -0.620. The highest BCUT2D eigenvalue weighted by Gasteiger charge is 2.18. The van der Waals surface area contributed by atoms with Crippen LogP contribution in [0, 0.1) is 0 Å². The fourth-order valence-electron chi connectivity index (χ4n) is 0.838. The normalized spacial score (nSPS) is 11.9. The number of amides is 2. The molecule has 0 saturated heterocycles. The van der Waals surface area contributed by atoms with Crippen molar-refractivity contribution < 1.29 is 9.59 Å². The standard InChI is InChI=1S/C7H9ClN4O2S/c1-3(4(13)9-2)10-5(14)6-11-12-7(8)15-6/h3H,1-2H3,(H,9,13)(H,10,14). The van der Waals surface area contributed by atoms with Gasteiger partial charge in [-0.15, -0.1) is 10.2 Å². The summed E-state index contributed by atoms with van der Waals surface area (Å²) in [7, 11) is 1.49. The van der Waals surface area contributed by atoms with Crippen molar-refractivity contribution in [3.63, 3.8) is 0 Å². The average molecular weight is 249 g/mol. The van der Waals surface area contributed by atoms with Gasteiger partial charge in [-0.25, -0.2) is 0 Å². The summed E-state index contributed by atoms with van der Waals surface area (Å²) >= 11 is 6.47. The molecule has 1 atom stereocenters. The summed E-state index contributed by atoms with van der Waals surface area (Å²) in [6.45, 7) is 1.57. The molecule has 8 heteroatoms. The molecular weight excluding hydrogens is 240 g/mol. The maximum absolute atomic E-state index is 11.4. The van der Waals surface area contributed by atoms with Crippen molar-refractivity contribution >= 4 is 34.8 Å². The van der Waals surface area contributed by atoms with Gasteiger partial charge >= 0.3 is 0 Å². The number of hydrogen-bond donors (Lipinski definition) is 2. The SMILES string of the molecule is CNC(=O)C(C)NC(=O)c1nnc(Cl)s1. The molecule has 0 saturated carbocycles. The molecule has 1 aromatic rings. The van der Waals surface area contributed by atoms with Crippen LogP contribution >= 0.6 is 22.9 Å². The minimum absolute atomic E-state index is 0.135. The monoisotopic (exact) mass is 248 g/mol. The van der Waals surface area contributed by atoms with Crippen molar-refractivity contribution in [1.82, 2.24) is 20.8 Å². The van der Waals surface area contributed by atoms with Gasteiger partial charge in [0.05, 0.1) is 0 Å². The third-order valence-electron chi connectivity index (χ3n) is 1.58. The third kappa shape index (κ3) is 3.14. The number of hydrogen-bond acceptors (Lipinski definition) is 5.